The Morgan fingerprint density at radius 2 is 1.95 bits per heavy atom. The third-order valence-corrected chi connectivity index (χ3v) is 4.44. The van der Waals surface area contributed by atoms with Gasteiger partial charge < -0.3 is 10.5 Å². The highest BCUT2D eigenvalue weighted by atomic mass is 79.9. The van der Waals surface area contributed by atoms with Crippen molar-refractivity contribution in [2.24, 2.45) is 5.73 Å². The number of rotatable bonds is 4. The Hall–Kier alpha value is -0.970. The zero-order chi connectivity index (χ0) is 13.8. The van der Waals surface area contributed by atoms with Crippen LogP contribution in [0.15, 0.2) is 51.8 Å². The summed E-state index contributed by atoms with van der Waals surface area (Å²) in [6.07, 6.45) is 2.06. The number of thioether (sulfide) groups is 1. The SMILES string of the molecule is COc1ccc(C(N)c2ccccc2SC)cc1Br. The van der Waals surface area contributed by atoms with Gasteiger partial charge in [-0.3, -0.25) is 0 Å². The maximum atomic E-state index is 6.38. The number of halogens is 1. The molecule has 0 aliphatic carbocycles. The molecule has 0 amide bonds. The maximum absolute atomic E-state index is 6.38. The zero-order valence-electron chi connectivity index (χ0n) is 10.9. The van der Waals surface area contributed by atoms with E-state index in [1.807, 2.05) is 30.3 Å². The molecule has 0 aliphatic rings. The first-order valence-corrected chi connectivity index (χ1v) is 7.91. The number of nitrogens with two attached hydrogens (primary N) is 1. The Labute approximate surface area is 126 Å². The van der Waals surface area contributed by atoms with Crippen molar-refractivity contribution in [3.63, 3.8) is 0 Å². The van der Waals surface area contributed by atoms with Crippen LogP contribution in [0.25, 0.3) is 0 Å². The summed E-state index contributed by atoms with van der Waals surface area (Å²) >= 11 is 5.21. The van der Waals surface area contributed by atoms with Crippen molar-refractivity contribution in [2.45, 2.75) is 10.9 Å². The van der Waals surface area contributed by atoms with Gasteiger partial charge >= 0.3 is 0 Å². The van der Waals surface area contributed by atoms with Crippen molar-refractivity contribution in [3.05, 3.63) is 58.1 Å². The van der Waals surface area contributed by atoms with Gasteiger partial charge in [0.15, 0.2) is 0 Å². The van der Waals surface area contributed by atoms with Gasteiger partial charge in [0.1, 0.15) is 5.75 Å². The first-order valence-electron chi connectivity index (χ1n) is 5.89. The monoisotopic (exact) mass is 337 g/mol. The molecule has 4 heteroatoms. The van der Waals surface area contributed by atoms with Crippen LogP contribution < -0.4 is 10.5 Å². The van der Waals surface area contributed by atoms with E-state index < -0.39 is 0 Å². The van der Waals surface area contributed by atoms with Crippen LogP contribution in [0.4, 0.5) is 0 Å². The average Bonchev–Trinajstić information content (AvgIpc) is 2.46. The largest absolute Gasteiger partial charge is 0.496 e. The number of methoxy groups -OCH3 is 1. The summed E-state index contributed by atoms with van der Waals surface area (Å²) in [4.78, 5) is 1.21. The smallest absolute Gasteiger partial charge is 0.133 e. The molecule has 0 aliphatic heterocycles. The molecule has 0 fully saturated rings. The molecular formula is C15H16BrNOS. The van der Waals surface area contributed by atoms with E-state index in [-0.39, 0.29) is 6.04 Å². The fourth-order valence-electron chi connectivity index (χ4n) is 1.98. The van der Waals surface area contributed by atoms with Crippen molar-refractivity contribution in [2.75, 3.05) is 13.4 Å². The second kappa shape index (κ2) is 6.46. The van der Waals surface area contributed by atoms with E-state index in [0.717, 1.165) is 21.3 Å². The fraction of sp³-hybridized carbons (Fsp3) is 0.200. The Bertz CT molecular complexity index is 574. The molecule has 0 aromatic heterocycles. The molecule has 1 unspecified atom stereocenters. The van der Waals surface area contributed by atoms with Gasteiger partial charge in [-0.25, -0.2) is 0 Å². The van der Waals surface area contributed by atoms with E-state index >= 15 is 0 Å². The van der Waals surface area contributed by atoms with Crippen LogP contribution in [0.2, 0.25) is 0 Å². The van der Waals surface area contributed by atoms with Crippen LogP contribution in [0.5, 0.6) is 5.75 Å². The molecular weight excluding hydrogens is 322 g/mol. The van der Waals surface area contributed by atoms with Gasteiger partial charge in [0, 0.05) is 4.90 Å². The number of benzene rings is 2. The molecule has 2 N–H and O–H groups in total. The Morgan fingerprint density at radius 3 is 2.58 bits per heavy atom. The number of hydrogen-bond donors (Lipinski definition) is 1. The van der Waals surface area contributed by atoms with E-state index in [0.29, 0.717) is 0 Å². The van der Waals surface area contributed by atoms with Crippen LogP contribution >= 0.6 is 27.7 Å². The average molecular weight is 338 g/mol. The summed E-state index contributed by atoms with van der Waals surface area (Å²) in [5.74, 6) is 0.814. The summed E-state index contributed by atoms with van der Waals surface area (Å²) in [7, 11) is 1.66. The molecule has 0 radical (unpaired) electrons. The molecule has 100 valence electrons. The number of hydrogen-bond acceptors (Lipinski definition) is 3. The van der Waals surface area contributed by atoms with Crippen LogP contribution in [-0.4, -0.2) is 13.4 Å². The van der Waals surface area contributed by atoms with Crippen molar-refractivity contribution < 1.29 is 4.74 Å². The molecule has 0 spiro atoms. The standard InChI is InChI=1S/C15H16BrNOS/c1-18-13-8-7-10(9-12(13)16)15(17)11-5-3-4-6-14(11)19-2/h3-9,15H,17H2,1-2H3. The number of ether oxygens (including phenoxy) is 1. The lowest BCUT2D eigenvalue weighted by molar-refractivity contribution is 0.412. The molecule has 19 heavy (non-hydrogen) atoms. The first kappa shape index (κ1) is 14.4. The highest BCUT2D eigenvalue weighted by Gasteiger charge is 2.14. The third-order valence-electron chi connectivity index (χ3n) is 3.01. The van der Waals surface area contributed by atoms with E-state index in [1.54, 1.807) is 18.9 Å². The van der Waals surface area contributed by atoms with Crippen molar-refractivity contribution in [1.82, 2.24) is 0 Å². The summed E-state index contributed by atoms with van der Waals surface area (Å²) in [5.41, 5.74) is 8.59. The second-order valence-corrected chi connectivity index (χ2v) is 5.82. The highest BCUT2D eigenvalue weighted by Crippen LogP contribution is 2.32. The molecule has 0 heterocycles. The summed E-state index contributed by atoms with van der Waals surface area (Å²) in [6, 6.07) is 14.0. The van der Waals surface area contributed by atoms with Crippen LogP contribution in [0, 0.1) is 0 Å². The Morgan fingerprint density at radius 1 is 1.21 bits per heavy atom. The molecule has 2 rings (SSSR count). The molecule has 2 aromatic carbocycles. The van der Waals surface area contributed by atoms with E-state index in [1.165, 1.54) is 4.90 Å². The van der Waals surface area contributed by atoms with Gasteiger partial charge in [-0.05, 0) is 51.5 Å². The predicted octanol–water partition coefficient (Wildman–Crippen LogP) is 4.23. The summed E-state index contributed by atoms with van der Waals surface area (Å²) in [5, 5.41) is 0. The lowest BCUT2D eigenvalue weighted by Crippen LogP contribution is -2.12. The first-order chi connectivity index (χ1) is 9.17. The quantitative estimate of drug-likeness (QED) is 0.848. The molecule has 2 aromatic rings. The minimum atomic E-state index is -0.133. The summed E-state index contributed by atoms with van der Waals surface area (Å²) < 4.78 is 6.16. The van der Waals surface area contributed by atoms with Gasteiger partial charge in [-0.1, -0.05) is 24.3 Å². The van der Waals surface area contributed by atoms with Gasteiger partial charge in [0.2, 0.25) is 0 Å². The minimum Gasteiger partial charge on any atom is -0.496 e. The Balaban J connectivity index is 2.38. The maximum Gasteiger partial charge on any atom is 0.133 e. The van der Waals surface area contributed by atoms with Crippen LogP contribution in [0.1, 0.15) is 17.2 Å². The van der Waals surface area contributed by atoms with Crippen molar-refractivity contribution in [3.8, 4) is 5.75 Å². The third kappa shape index (κ3) is 3.14. The van der Waals surface area contributed by atoms with E-state index in [2.05, 4.69) is 34.3 Å². The van der Waals surface area contributed by atoms with Crippen molar-refractivity contribution in [1.29, 1.82) is 0 Å². The molecule has 0 bridgehead atoms. The fourth-order valence-corrected chi connectivity index (χ4v) is 3.18. The van der Waals surface area contributed by atoms with Crippen LogP contribution in [-0.2, 0) is 0 Å². The molecule has 1 atom stereocenters. The zero-order valence-corrected chi connectivity index (χ0v) is 13.3. The van der Waals surface area contributed by atoms with Crippen molar-refractivity contribution >= 4 is 27.7 Å². The molecule has 0 saturated carbocycles. The van der Waals surface area contributed by atoms with E-state index in [4.69, 9.17) is 10.5 Å². The van der Waals surface area contributed by atoms with Gasteiger partial charge in [0.25, 0.3) is 0 Å². The second-order valence-electron chi connectivity index (χ2n) is 4.11. The highest BCUT2D eigenvalue weighted by molar-refractivity contribution is 9.10. The molecule has 2 nitrogen and oxygen atoms in total. The Kier molecular flexibility index (Phi) is 4.91. The van der Waals surface area contributed by atoms with Gasteiger partial charge in [-0.15, -0.1) is 11.8 Å². The lowest BCUT2D eigenvalue weighted by atomic mass is 9.99. The normalized spacial score (nSPS) is 12.2. The predicted molar refractivity (Wildman–Crippen MR) is 84.9 cm³/mol. The van der Waals surface area contributed by atoms with Crippen LogP contribution in [0.3, 0.4) is 0 Å². The minimum absolute atomic E-state index is 0.133. The topological polar surface area (TPSA) is 35.2 Å². The van der Waals surface area contributed by atoms with Gasteiger partial charge in [-0.2, -0.15) is 0 Å². The van der Waals surface area contributed by atoms with E-state index in [9.17, 15) is 0 Å². The molecule has 0 saturated heterocycles. The lowest BCUT2D eigenvalue weighted by Gasteiger charge is -2.17. The summed E-state index contributed by atoms with van der Waals surface area (Å²) in [6.45, 7) is 0. The van der Waals surface area contributed by atoms with Gasteiger partial charge in [0.05, 0.1) is 17.6 Å².